The Labute approximate surface area is 132 Å². The first kappa shape index (κ1) is 13.6. The third-order valence-electron chi connectivity index (χ3n) is 4.11. The summed E-state index contributed by atoms with van der Waals surface area (Å²) in [5.41, 5.74) is 2.90. The monoisotopic (exact) mass is 377 g/mol. The molecule has 20 heavy (non-hydrogen) atoms. The van der Waals surface area contributed by atoms with Crippen molar-refractivity contribution in [2.24, 2.45) is 0 Å². The van der Waals surface area contributed by atoms with Gasteiger partial charge < -0.3 is 4.90 Å². The lowest BCUT2D eigenvalue weighted by molar-refractivity contribution is -0.122. The molecule has 1 aliphatic heterocycles. The summed E-state index contributed by atoms with van der Waals surface area (Å²) in [6, 6.07) is 16.5. The molecule has 1 heterocycles. The summed E-state index contributed by atoms with van der Waals surface area (Å²) in [6.07, 6.45) is 0.740. The van der Waals surface area contributed by atoms with Crippen molar-refractivity contribution in [3.63, 3.8) is 0 Å². The van der Waals surface area contributed by atoms with Gasteiger partial charge in [0, 0.05) is 16.3 Å². The van der Waals surface area contributed by atoms with Crippen molar-refractivity contribution in [2.45, 2.75) is 18.8 Å². The number of carbonyl (C=O) groups excluding carboxylic acids is 1. The maximum atomic E-state index is 12.7. The average molecular weight is 377 g/mol. The van der Waals surface area contributed by atoms with E-state index in [-0.39, 0.29) is 5.91 Å². The van der Waals surface area contributed by atoms with Gasteiger partial charge in [-0.05, 0) is 65.3 Å². The summed E-state index contributed by atoms with van der Waals surface area (Å²) >= 11 is 2.30. The molecule has 0 bridgehead atoms. The number of hydrogen-bond acceptors (Lipinski definition) is 1. The molecule has 102 valence electrons. The molecule has 0 aromatic heterocycles. The minimum Gasteiger partial charge on any atom is -0.314 e. The summed E-state index contributed by atoms with van der Waals surface area (Å²) in [5, 5.41) is 0. The fourth-order valence-electron chi connectivity index (χ4n) is 3.01. The third-order valence-corrected chi connectivity index (χ3v) is 4.83. The van der Waals surface area contributed by atoms with Gasteiger partial charge in [0.05, 0.1) is 5.41 Å². The van der Waals surface area contributed by atoms with Gasteiger partial charge in [-0.25, -0.2) is 0 Å². The molecule has 0 spiro atoms. The number of hydrogen-bond donors (Lipinski definition) is 0. The van der Waals surface area contributed by atoms with Gasteiger partial charge in [0.1, 0.15) is 0 Å². The molecule has 0 saturated heterocycles. The number of halogens is 1. The number of benzene rings is 2. The van der Waals surface area contributed by atoms with Crippen LogP contribution in [0.4, 0.5) is 5.69 Å². The molecule has 1 aliphatic rings. The van der Waals surface area contributed by atoms with E-state index < -0.39 is 5.41 Å². The van der Waals surface area contributed by atoms with Crippen LogP contribution in [-0.4, -0.2) is 13.0 Å². The van der Waals surface area contributed by atoms with Crippen molar-refractivity contribution < 1.29 is 4.79 Å². The molecule has 0 saturated carbocycles. The lowest BCUT2D eigenvalue weighted by Crippen LogP contribution is -2.37. The van der Waals surface area contributed by atoms with Crippen molar-refractivity contribution in [3.05, 3.63) is 63.2 Å². The van der Waals surface area contributed by atoms with E-state index in [1.807, 2.05) is 25.2 Å². The van der Waals surface area contributed by atoms with Crippen LogP contribution in [0.15, 0.2) is 48.5 Å². The number of anilines is 1. The third kappa shape index (κ3) is 2.04. The summed E-state index contributed by atoms with van der Waals surface area (Å²) in [6.45, 7) is 2.05. The van der Waals surface area contributed by atoms with Crippen LogP contribution in [-0.2, 0) is 16.6 Å². The Morgan fingerprint density at radius 1 is 1.10 bits per heavy atom. The highest BCUT2D eigenvalue weighted by atomic mass is 127. The van der Waals surface area contributed by atoms with Crippen molar-refractivity contribution >= 4 is 34.2 Å². The molecule has 2 nitrogen and oxygen atoms in total. The Morgan fingerprint density at radius 3 is 2.45 bits per heavy atom. The summed E-state index contributed by atoms with van der Waals surface area (Å²) in [5.74, 6) is 0.178. The van der Waals surface area contributed by atoms with Crippen LogP contribution >= 0.6 is 22.6 Å². The zero-order chi connectivity index (χ0) is 14.3. The van der Waals surface area contributed by atoms with Crippen LogP contribution in [0.5, 0.6) is 0 Å². The lowest BCUT2D eigenvalue weighted by Gasteiger charge is -2.23. The molecule has 1 atom stereocenters. The number of fused-ring (bicyclic) bond motifs is 1. The highest BCUT2D eigenvalue weighted by molar-refractivity contribution is 14.1. The minimum absolute atomic E-state index is 0.178. The topological polar surface area (TPSA) is 20.3 Å². The maximum Gasteiger partial charge on any atom is 0.237 e. The number of para-hydroxylation sites is 1. The second-order valence-corrected chi connectivity index (χ2v) is 6.76. The molecule has 3 heteroatoms. The quantitative estimate of drug-likeness (QED) is 0.730. The number of carbonyl (C=O) groups is 1. The molecule has 0 radical (unpaired) electrons. The van der Waals surface area contributed by atoms with Gasteiger partial charge in [-0.1, -0.05) is 30.3 Å². The lowest BCUT2D eigenvalue weighted by atomic mass is 9.78. The predicted molar refractivity (Wildman–Crippen MR) is 90.1 cm³/mol. The predicted octanol–water partition coefficient (Wildman–Crippen LogP) is 3.77. The van der Waals surface area contributed by atoms with Crippen LogP contribution in [0.3, 0.4) is 0 Å². The van der Waals surface area contributed by atoms with Gasteiger partial charge in [-0.3, -0.25) is 4.79 Å². The van der Waals surface area contributed by atoms with E-state index in [0.29, 0.717) is 0 Å². The number of likely N-dealkylation sites (N-methyl/N-ethyl adjacent to an activating group) is 1. The first-order valence-corrected chi connectivity index (χ1v) is 7.72. The number of rotatable bonds is 2. The van der Waals surface area contributed by atoms with Gasteiger partial charge in [0.15, 0.2) is 0 Å². The normalized spacial score (nSPS) is 21.1. The Balaban J connectivity index is 2.03. The van der Waals surface area contributed by atoms with Crippen molar-refractivity contribution in [3.8, 4) is 0 Å². The van der Waals surface area contributed by atoms with Crippen LogP contribution < -0.4 is 4.90 Å². The highest BCUT2D eigenvalue weighted by Crippen LogP contribution is 2.42. The van der Waals surface area contributed by atoms with Gasteiger partial charge >= 0.3 is 0 Å². The van der Waals surface area contributed by atoms with Gasteiger partial charge in [-0.2, -0.15) is 0 Å². The summed E-state index contributed by atoms with van der Waals surface area (Å²) in [7, 11) is 1.86. The Morgan fingerprint density at radius 2 is 1.75 bits per heavy atom. The van der Waals surface area contributed by atoms with Gasteiger partial charge in [-0.15, -0.1) is 0 Å². The van der Waals surface area contributed by atoms with Crippen molar-refractivity contribution in [1.82, 2.24) is 0 Å². The molecular formula is C17H16INO. The molecule has 0 aliphatic carbocycles. The van der Waals surface area contributed by atoms with Crippen LogP contribution in [0.1, 0.15) is 18.1 Å². The second kappa shape index (κ2) is 4.88. The van der Waals surface area contributed by atoms with Gasteiger partial charge in [0.25, 0.3) is 0 Å². The van der Waals surface area contributed by atoms with E-state index in [4.69, 9.17) is 0 Å². The van der Waals surface area contributed by atoms with Crippen LogP contribution in [0.25, 0.3) is 0 Å². The Bertz CT molecular complexity index is 665. The summed E-state index contributed by atoms with van der Waals surface area (Å²) in [4.78, 5) is 14.5. The van der Waals surface area contributed by atoms with Crippen LogP contribution in [0.2, 0.25) is 0 Å². The molecule has 3 rings (SSSR count). The SMILES string of the molecule is CN1C(=O)C(C)(Cc2ccc(I)cc2)c2ccccc21. The molecule has 0 fully saturated rings. The standard InChI is InChI=1S/C17H16INO/c1-17(11-12-7-9-13(18)10-8-12)14-5-3-4-6-15(14)19(2)16(17)20/h3-10H,11H2,1-2H3. The second-order valence-electron chi connectivity index (χ2n) is 5.52. The van der Waals surface area contributed by atoms with E-state index in [9.17, 15) is 4.79 Å². The number of amides is 1. The smallest absolute Gasteiger partial charge is 0.237 e. The minimum atomic E-state index is -0.460. The molecule has 0 N–H and O–H groups in total. The zero-order valence-corrected chi connectivity index (χ0v) is 13.7. The van der Waals surface area contributed by atoms with E-state index in [0.717, 1.165) is 17.7 Å². The van der Waals surface area contributed by atoms with E-state index >= 15 is 0 Å². The highest BCUT2D eigenvalue weighted by Gasteiger charge is 2.45. The van der Waals surface area contributed by atoms with Crippen LogP contribution in [0, 0.1) is 3.57 Å². The number of nitrogens with zero attached hydrogens (tertiary/aromatic N) is 1. The Kier molecular flexibility index (Phi) is 3.32. The first-order valence-electron chi connectivity index (χ1n) is 6.64. The largest absolute Gasteiger partial charge is 0.314 e. The molecule has 1 amide bonds. The molecule has 2 aromatic carbocycles. The zero-order valence-electron chi connectivity index (χ0n) is 11.6. The summed E-state index contributed by atoms with van der Waals surface area (Å²) < 4.78 is 1.21. The molecule has 2 aromatic rings. The van der Waals surface area contributed by atoms with Gasteiger partial charge in [0.2, 0.25) is 5.91 Å². The van der Waals surface area contributed by atoms with E-state index in [2.05, 4.69) is 59.8 Å². The molecular weight excluding hydrogens is 361 g/mol. The first-order chi connectivity index (χ1) is 9.52. The van der Waals surface area contributed by atoms with Crippen molar-refractivity contribution in [2.75, 3.05) is 11.9 Å². The molecule has 1 unspecified atom stereocenters. The van der Waals surface area contributed by atoms with Crippen molar-refractivity contribution in [1.29, 1.82) is 0 Å². The fourth-order valence-corrected chi connectivity index (χ4v) is 3.37. The van der Waals surface area contributed by atoms with E-state index in [1.165, 1.54) is 9.13 Å². The average Bonchev–Trinajstić information content (AvgIpc) is 2.65. The fraction of sp³-hybridized carbons (Fsp3) is 0.235. The Hall–Kier alpha value is -1.36. The van der Waals surface area contributed by atoms with E-state index in [1.54, 1.807) is 4.90 Å². The maximum absolute atomic E-state index is 12.7.